The van der Waals surface area contributed by atoms with Crippen LogP contribution in [-0.4, -0.2) is 60.3 Å². The minimum Gasteiger partial charge on any atom is -0.393 e. The molecule has 1 heterocycles. The van der Waals surface area contributed by atoms with Crippen LogP contribution in [0, 0.1) is 0 Å². The number of likely N-dealkylation sites (N-methyl/N-ethyl adjacent to an activating group) is 1. The van der Waals surface area contributed by atoms with Crippen LogP contribution in [0.3, 0.4) is 0 Å². The fourth-order valence-electron chi connectivity index (χ4n) is 2.52. The number of unbranched alkanes of at least 4 members (excludes halogenated alkanes) is 1. The maximum atomic E-state index is 9.63. The first-order chi connectivity index (χ1) is 8.26. The van der Waals surface area contributed by atoms with Crippen LogP contribution in [0.5, 0.6) is 0 Å². The molecule has 1 N–H and O–H groups in total. The van der Waals surface area contributed by atoms with Crippen molar-refractivity contribution in [1.29, 1.82) is 0 Å². The molecule has 3 heteroatoms. The van der Waals surface area contributed by atoms with E-state index >= 15 is 0 Å². The van der Waals surface area contributed by atoms with Gasteiger partial charge in [-0.05, 0) is 38.8 Å². The van der Waals surface area contributed by atoms with Crippen molar-refractivity contribution in [3.05, 3.63) is 0 Å². The first-order valence-corrected chi connectivity index (χ1v) is 7.39. The van der Waals surface area contributed by atoms with Gasteiger partial charge in [-0.2, -0.15) is 0 Å². The molecule has 3 nitrogen and oxygen atoms in total. The van der Waals surface area contributed by atoms with Crippen molar-refractivity contribution in [2.45, 2.75) is 52.1 Å². The van der Waals surface area contributed by atoms with Crippen molar-refractivity contribution in [1.82, 2.24) is 9.80 Å². The predicted molar refractivity (Wildman–Crippen MR) is 73.3 cm³/mol. The van der Waals surface area contributed by atoms with Crippen molar-refractivity contribution in [2.75, 3.05) is 39.3 Å². The molecule has 0 aromatic heterocycles. The van der Waals surface area contributed by atoms with Crippen LogP contribution in [-0.2, 0) is 0 Å². The summed E-state index contributed by atoms with van der Waals surface area (Å²) in [6.45, 7) is 11.7. The molecule has 1 aliphatic heterocycles. The summed E-state index contributed by atoms with van der Waals surface area (Å²) in [6.07, 6.45) is 5.41. The van der Waals surface area contributed by atoms with Crippen LogP contribution in [0.25, 0.3) is 0 Å². The van der Waals surface area contributed by atoms with Gasteiger partial charge in [-0.25, -0.2) is 0 Å². The Hall–Kier alpha value is -0.120. The summed E-state index contributed by atoms with van der Waals surface area (Å²) in [4.78, 5) is 5.08. The molecule has 1 rings (SSSR count). The minimum atomic E-state index is -0.0584. The summed E-state index contributed by atoms with van der Waals surface area (Å²) in [5, 5.41) is 9.63. The molecular formula is C14H30N2O. The van der Waals surface area contributed by atoms with E-state index < -0.39 is 0 Å². The van der Waals surface area contributed by atoms with Crippen LogP contribution in [0.4, 0.5) is 0 Å². The molecule has 0 saturated carbocycles. The molecule has 0 aromatic carbocycles. The Bertz CT molecular complexity index is 179. The third-order valence-electron chi connectivity index (χ3n) is 3.80. The zero-order valence-electron chi connectivity index (χ0n) is 11.7. The molecule has 0 spiro atoms. The Balaban J connectivity index is 1.96. The monoisotopic (exact) mass is 242 g/mol. The quantitative estimate of drug-likeness (QED) is 0.659. The van der Waals surface area contributed by atoms with Gasteiger partial charge in [0.15, 0.2) is 0 Å². The third-order valence-corrected chi connectivity index (χ3v) is 3.80. The van der Waals surface area contributed by atoms with Crippen LogP contribution in [0.2, 0.25) is 0 Å². The fourth-order valence-corrected chi connectivity index (χ4v) is 2.52. The Labute approximate surface area is 107 Å². The Morgan fingerprint density at radius 2 is 1.59 bits per heavy atom. The van der Waals surface area contributed by atoms with Crippen molar-refractivity contribution in [3.8, 4) is 0 Å². The van der Waals surface area contributed by atoms with Gasteiger partial charge in [0.05, 0.1) is 6.10 Å². The highest BCUT2D eigenvalue weighted by Crippen LogP contribution is 2.08. The second-order valence-electron chi connectivity index (χ2n) is 5.21. The smallest absolute Gasteiger partial charge is 0.0540 e. The topological polar surface area (TPSA) is 26.7 Å². The number of nitrogens with zero attached hydrogens (tertiary/aromatic N) is 2. The lowest BCUT2D eigenvalue weighted by Crippen LogP contribution is -2.46. The SMILES string of the molecule is CCCC(O)CCCCN1CCN(CC)CC1. The average Bonchev–Trinajstić information content (AvgIpc) is 2.36. The average molecular weight is 242 g/mol. The normalized spacial score (nSPS) is 20.6. The summed E-state index contributed by atoms with van der Waals surface area (Å²) < 4.78 is 0. The Morgan fingerprint density at radius 1 is 0.941 bits per heavy atom. The highest BCUT2D eigenvalue weighted by atomic mass is 16.3. The third kappa shape index (κ3) is 6.39. The van der Waals surface area contributed by atoms with Gasteiger partial charge in [-0.15, -0.1) is 0 Å². The molecule has 0 aliphatic carbocycles. The molecule has 1 saturated heterocycles. The zero-order chi connectivity index (χ0) is 12.5. The van der Waals surface area contributed by atoms with Gasteiger partial charge < -0.3 is 14.9 Å². The summed E-state index contributed by atoms with van der Waals surface area (Å²) in [5.41, 5.74) is 0. The maximum absolute atomic E-state index is 9.63. The lowest BCUT2D eigenvalue weighted by molar-refractivity contribution is 0.127. The summed E-state index contributed by atoms with van der Waals surface area (Å²) in [5.74, 6) is 0. The van der Waals surface area contributed by atoms with Gasteiger partial charge in [0.2, 0.25) is 0 Å². The van der Waals surface area contributed by atoms with Gasteiger partial charge in [0.1, 0.15) is 0 Å². The van der Waals surface area contributed by atoms with Crippen molar-refractivity contribution >= 4 is 0 Å². The van der Waals surface area contributed by atoms with Crippen LogP contribution >= 0.6 is 0 Å². The van der Waals surface area contributed by atoms with E-state index in [0.717, 1.165) is 19.3 Å². The predicted octanol–water partition coefficient (Wildman–Crippen LogP) is 1.96. The molecule has 0 bridgehead atoms. The highest BCUT2D eigenvalue weighted by molar-refractivity contribution is 4.70. The molecule has 1 aliphatic rings. The molecule has 1 fully saturated rings. The molecule has 1 atom stereocenters. The summed E-state index contributed by atoms with van der Waals surface area (Å²) in [6, 6.07) is 0. The van der Waals surface area contributed by atoms with E-state index in [-0.39, 0.29) is 6.10 Å². The van der Waals surface area contributed by atoms with Gasteiger partial charge in [0.25, 0.3) is 0 Å². The van der Waals surface area contributed by atoms with Crippen LogP contribution < -0.4 is 0 Å². The number of aliphatic hydroxyl groups excluding tert-OH is 1. The Morgan fingerprint density at radius 3 is 2.18 bits per heavy atom. The van der Waals surface area contributed by atoms with Crippen molar-refractivity contribution < 1.29 is 5.11 Å². The van der Waals surface area contributed by atoms with E-state index in [9.17, 15) is 5.11 Å². The molecular weight excluding hydrogens is 212 g/mol. The Kier molecular flexibility index (Phi) is 7.82. The largest absolute Gasteiger partial charge is 0.393 e. The zero-order valence-corrected chi connectivity index (χ0v) is 11.7. The highest BCUT2D eigenvalue weighted by Gasteiger charge is 2.14. The number of aliphatic hydroxyl groups is 1. The first kappa shape index (κ1) is 14.9. The van der Waals surface area contributed by atoms with Gasteiger partial charge >= 0.3 is 0 Å². The fraction of sp³-hybridized carbons (Fsp3) is 1.00. The minimum absolute atomic E-state index is 0.0584. The van der Waals surface area contributed by atoms with Gasteiger partial charge in [0, 0.05) is 26.2 Å². The molecule has 102 valence electrons. The maximum Gasteiger partial charge on any atom is 0.0540 e. The van der Waals surface area contributed by atoms with E-state index in [1.165, 1.54) is 52.1 Å². The second kappa shape index (κ2) is 8.90. The van der Waals surface area contributed by atoms with E-state index in [0.29, 0.717) is 0 Å². The number of piperazine rings is 1. The first-order valence-electron chi connectivity index (χ1n) is 7.39. The van der Waals surface area contributed by atoms with Gasteiger partial charge in [-0.1, -0.05) is 20.3 Å². The lowest BCUT2D eigenvalue weighted by atomic mass is 10.1. The molecule has 0 amide bonds. The standard InChI is InChI=1S/C14H30N2O/c1-3-7-14(17)8-5-6-9-16-12-10-15(4-2)11-13-16/h14,17H,3-13H2,1-2H3. The van der Waals surface area contributed by atoms with Crippen molar-refractivity contribution in [3.63, 3.8) is 0 Å². The summed E-state index contributed by atoms with van der Waals surface area (Å²) in [7, 11) is 0. The van der Waals surface area contributed by atoms with E-state index in [2.05, 4.69) is 23.6 Å². The number of hydrogen-bond acceptors (Lipinski definition) is 3. The summed E-state index contributed by atoms with van der Waals surface area (Å²) >= 11 is 0. The molecule has 1 unspecified atom stereocenters. The number of rotatable bonds is 8. The lowest BCUT2D eigenvalue weighted by Gasteiger charge is -2.34. The van der Waals surface area contributed by atoms with Crippen LogP contribution in [0.15, 0.2) is 0 Å². The van der Waals surface area contributed by atoms with E-state index in [1.54, 1.807) is 0 Å². The van der Waals surface area contributed by atoms with Gasteiger partial charge in [-0.3, -0.25) is 0 Å². The molecule has 0 radical (unpaired) electrons. The van der Waals surface area contributed by atoms with E-state index in [4.69, 9.17) is 0 Å². The molecule has 0 aromatic rings. The van der Waals surface area contributed by atoms with Crippen LogP contribution in [0.1, 0.15) is 46.0 Å². The second-order valence-corrected chi connectivity index (χ2v) is 5.21. The van der Waals surface area contributed by atoms with E-state index in [1.807, 2.05) is 0 Å². The molecule has 17 heavy (non-hydrogen) atoms. The number of hydrogen-bond donors (Lipinski definition) is 1. The van der Waals surface area contributed by atoms with Crippen molar-refractivity contribution in [2.24, 2.45) is 0 Å².